The van der Waals surface area contributed by atoms with Crippen LogP contribution < -0.4 is 5.73 Å². The molecule has 0 aromatic heterocycles. The summed E-state index contributed by atoms with van der Waals surface area (Å²) in [6.45, 7) is 0.808. The minimum absolute atomic E-state index is 0. The maximum Gasteiger partial charge on any atom is 0.198 e. The van der Waals surface area contributed by atoms with E-state index in [1.807, 2.05) is 0 Å². The second-order valence-electron chi connectivity index (χ2n) is 4.14. The van der Waals surface area contributed by atoms with E-state index >= 15 is 0 Å². The van der Waals surface area contributed by atoms with Crippen LogP contribution in [0.1, 0.15) is 51.4 Å². The van der Waals surface area contributed by atoms with Gasteiger partial charge in [-0.05, 0) is 30.2 Å². The highest BCUT2D eigenvalue weighted by Gasteiger charge is 2.01. The van der Waals surface area contributed by atoms with Crippen LogP contribution in [0.5, 0.6) is 0 Å². The molecule has 17 heavy (non-hydrogen) atoms. The molecule has 106 valence electrons. The van der Waals surface area contributed by atoms with Gasteiger partial charge in [0.15, 0.2) is 8.87 Å². The molecule has 6 heteroatoms. The lowest BCUT2D eigenvalue weighted by atomic mass is 10.1. The largest absolute Gasteiger partial charge is 0.330 e. The zero-order chi connectivity index (χ0) is 12.3. The molecule has 0 radical (unpaired) electrons. The van der Waals surface area contributed by atoms with Crippen LogP contribution in [-0.2, 0) is 8.87 Å². The minimum Gasteiger partial charge on any atom is -0.330 e. The van der Waals surface area contributed by atoms with Crippen LogP contribution in [0.25, 0.3) is 0 Å². The second kappa shape index (κ2) is 13.2. The number of nitrogens with two attached hydrogens (primary N) is 1. The second-order valence-corrected chi connectivity index (χ2v) is 8.72. The minimum atomic E-state index is -2.83. The first-order valence-corrected chi connectivity index (χ1v) is 9.50. The lowest BCUT2D eigenvalue weighted by Gasteiger charge is -2.01. The average Bonchev–Trinajstić information content (AvgIpc) is 2.19. The van der Waals surface area contributed by atoms with E-state index in [0.717, 1.165) is 42.4 Å². The van der Waals surface area contributed by atoms with Crippen LogP contribution in [0, 0.1) is 0 Å². The monoisotopic (exact) mass is 347 g/mol. The van der Waals surface area contributed by atoms with Crippen molar-refractivity contribution in [1.29, 1.82) is 0 Å². The number of unbranched alkanes of at least 4 members (excludes halogenated alkanes) is 7. The molecule has 0 fully saturated rings. The van der Waals surface area contributed by atoms with Crippen molar-refractivity contribution in [3.63, 3.8) is 0 Å². The topological polar surface area (TPSA) is 60.2 Å². The van der Waals surface area contributed by atoms with Gasteiger partial charge in [0.1, 0.15) is 0 Å². The zero-order valence-electron chi connectivity index (χ0n) is 10.7. The summed E-state index contributed by atoms with van der Waals surface area (Å²) in [6.07, 6.45) is 10.9. The van der Waals surface area contributed by atoms with Crippen LogP contribution in [0.4, 0.5) is 0 Å². The summed E-state index contributed by atoms with van der Waals surface area (Å²) in [7, 11) is -1.76. The quantitative estimate of drug-likeness (QED) is 0.460. The molecule has 0 aromatic carbocycles. The Morgan fingerprint density at radius 1 is 0.882 bits per heavy atom. The Hall–Kier alpha value is 0.740. The molecule has 2 N–H and O–H groups in total. The van der Waals surface area contributed by atoms with E-state index < -0.39 is 8.87 Å². The Balaban J connectivity index is 0. The van der Waals surface area contributed by atoms with E-state index in [-0.39, 0.29) is 17.0 Å². The van der Waals surface area contributed by atoms with Crippen molar-refractivity contribution in [2.24, 2.45) is 5.73 Å². The van der Waals surface area contributed by atoms with Gasteiger partial charge in [-0.3, -0.25) is 0 Å². The van der Waals surface area contributed by atoms with Crippen molar-refractivity contribution < 1.29 is 8.42 Å². The lowest BCUT2D eigenvalue weighted by molar-refractivity contribution is 0.579. The summed E-state index contributed by atoms with van der Waals surface area (Å²) >= 11 is 0. The van der Waals surface area contributed by atoms with E-state index in [9.17, 15) is 8.42 Å². The molecule has 0 rings (SSSR count). The first kappa shape index (κ1) is 20.1. The van der Waals surface area contributed by atoms with Gasteiger partial charge in [0.25, 0.3) is 0 Å². The number of hydrogen-bond acceptors (Lipinski definition) is 4. The van der Waals surface area contributed by atoms with E-state index in [1.165, 1.54) is 38.4 Å². The predicted molar refractivity (Wildman–Crippen MR) is 83.6 cm³/mol. The molecule has 0 bridgehead atoms. The van der Waals surface area contributed by atoms with Crippen molar-refractivity contribution in [2.75, 3.05) is 18.6 Å². The average molecular weight is 348 g/mol. The molecule has 0 saturated heterocycles. The molecule has 0 spiro atoms. The third kappa shape index (κ3) is 19.3. The van der Waals surface area contributed by atoms with Gasteiger partial charge < -0.3 is 5.73 Å². The molecule has 0 atom stereocenters. The fourth-order valence-electron chi connectivity index (χ4n) is 1.52. The zero-order valence-corrected chi connectivity index (χ0v) is 14.0. The highest BCUT2D eigenvalue weighted by Crippen LogP contribution is 2.14. The molecule has 0 aromatic rings. The van der Waals surface area contributed by atoms with Crippen LogP contribution >= 0.6 is 27.8 Å². The first-order valence-electron chi connectivity index (χ1n) is 6.11. The first-order chi connectivity index (χ1) is 7.56. The molecule has 0 saturated carbocycles. The normalized spacial score (nSPS) is 11.2. The van der Waals surface area contributed by atoms with Crippen molar-refractivity contribution in [3.05, 3.63) is 0 Å². The molecule has 0 heterocycles. The summed E-state index contributed by atoms with van der Waals surface area (Å²) in [5.41, 5.74) is 5.41. The van der Waals surface area contributed by atoms with Crippen LogP contribution in [-0.4, -0.2) is 27.0 Å². The number of hydrogen-bond donors (Lipinski definition) is 1. The third-order valence-corrected chi connectivity index (χ3v) is 5.06. The van der Waals surface area contributed by atoms with Gasteiger partial charge >= 0.3 is 0 Å². The standard InChI is InChI=1S/C11H25NO2S2.BrH/c1-16(13,14)15-11-9-7-5-3-2-4-6-8-10-12;/h2-12H2,1H3;1H. The van der Waals surface area contributed by atoms with Crippen LogP contribution in [0.3, 0.4) is 0 Å². The van der Waals surface area contributed by atoms with Crippen molar-refractivity contribution in [2.45, 2.75) is 51.4 Å². The molecular formula is C11H26BrNO2S2. The van der Waals surface area contributed by atoms with E-state index in [0.29, 0.717) is 0 Å². The van der Waals surface area contributed by atoms with E-state index in [2.05, 4.69) is 0 Å². The molecule has 0 aliphatic rings. The smallest absolute Gasteiger partial charge is 0.198 e. The van der Waals surface area contributed by atoms with E-state index in [1.54, 1.807) is 0 Å². The number of rotatable bonds is 11. The summed E-state index contributed by atoms with van der Waals surface area (Å²) in [5.74, 6) is 0.742. The predicted octanol–water partition coefficient (Wildman–Crippen LogP) is 3.34. The highest BCUT2D eigenvalue weighted by atomic mass is 79.9. The van der Waals surface area contributed by atoms with Crippen LogP contribution in [0.15, 0.2) is 0 Å². The van der Waals surface area contributed by atoms with Gasteiger partial charge in [0.05, 0.1) is 0 Å². The molecular weight excluding hydrogens is 322 g/mol. The molecule has 0 aliphatic carbocycles. The number of halogens is 1. The van der Waals surface area contributed by atoms with Crippen LogP contribution in [0.2, 0.25) is 0 Å². The van der Waals surface area contributed by atoms with Crippen molar-refractivity contribution >= 4 is 36.6 Å². The molecule has 3 nitrogen and oxygen atoms in total. The summed E-state index contributed by atoms with van der Waals surface area (Å²) < 4.78 is 21.6. The van der Waals surface area contributed by atoms with Gasteiger partial charge in [0.2, 0.25) is 0 Å². The Morgan fingerprint density at radius 3 is 1.71 bits per heavy atom. The Bertz CT molecular complexity index is 246. The fraction of sp³-hybridized carbons (Fsp3) is 1.00. The van der Waals surface area contributed by atoms with Gasteiger partial charge in [-0.15, -0.1) is 17.0 Å². The summed E-state index contributed by atoms with van der Waals surface area (Å²) in [6, 6.07) is 0. The summed E-state index contributed by atoms with van der Waals surface area (Å²) in [5, 5.41) is 0. The molecule has 0 amide bonds. The maximum absolute atomic E-state index is 10.8. The maximum atomic E-state index is 10.8. The molecule has 0 unspecified atom stereocenters. The van der Waals surface area contributed by atoms with E-state index in [4.69, 9.17) is 5.73 Å². The lowest BCUT2D eigenvalue weighted by Crippen LogP contribution is -1.97. The Labute approximate surface area is 120 Å². The third-order valence-electron chi connectivity index (χ3n) is 2.40. The SMILES string of the molecule is Br.CS(=O)(=O)SCCCCCCCCCCN. The van der Waals surface area contributed by atoms with Gasteiger partial charge in [-0.25, -0.2) is 8.42 Å². The highest BCUT2D eigenvalue weighted by molar-refractivity contribution is 8.93. The Morgan fingerprint density at radius 2 is 1.29 bits per heavy atom. The van der Waals surface area contributed by atoms with Gasteiger partial charge in [-0.2, -0.15) is 0 Å². The molecule has 0 aliphatic heterocycles. The fourth-order valence-corrected chi connectivity index (χ4v) is 3.40. The van der Waals surface area contributed by atoms with Crippen molar-refractivity contribution in [3.8, 4) is 0 Å². The van der Waals surface area contributed by atoms with Gasteiger partial charge in [0, 0.05) is 12.0 Å². The van der Waals surface area contributed by atoms with Gasteiger partial charge in [-0.1, -0.05) is 38.5 Å². The summed E-state index contributed by atoms with van der Waals surface area (Å²) in [4.78, 5) is 0. The van der Waals surface area contributed by atoms with Crippen molar-refractivity contribution in [1.82, 2.24) is 0 Å². The Kier molecular flexibility index (Phi) is 15.6.